The van der Waals surface area contributed by atoms with Crippen LogP contribution < -0.4 is 4.74 Å². The van der Waals surface area contributed by atoms with Gasteiger partial charge in [0.05, 0.1) is 5.02 Å². The molecule has 0 amide bonds. The summed E-state index contributed by atoms with van der Waals surface area (Å²) in [6, 6.07) is 5.87. The van der Waals surface area contributed by atoms with E-state index in [0.29, 0.717) is 11.6 Å². The molecule has 0 saturated carbocycles. The Labute approximate surface area is 126 Å². The molecule has 0 aliphatic carbocycles. The van der Waals surface area contributed by atoms with Gasteiger partial charge in [-0.05, 0) is 25.1 Å². The lowest BCUT2D eigenvalue weighted by Gasteiger charge is -2.32. The molecule has 0 spiro atoms. The number of piperazine rings is 1. The zero-order chi connectivity index (χ0) is 14.4. The summed E-state index contributed by atoms with van der Waals surface area (Å²) in [4.78, 5) is 4.79. The molecule has 0 radical (unpaired) electrons. The molecule has 0 bridgehead atoms. The first-order chi connectivity index (χ1) is 9.70. The van der Waals surface area contributed by atoms with E-state index in [4.69, 9.17) is 16.3 Å². The summed E-state index contributed by atoms with van der Waals surface area (Å²) in [5, 5.41) is 0.683. The fourth-order valence-electron chi connectivity index (χ4n) is 2.38. The highest BCUT2D eigenvalue weighted by Crippen LogP contribution is 2.29. The van der Waals surface area contributed by atoms with Crippen LogP contribution in [0.2, 0.25) is 5.02 Å². The predicted molar refractivity (Wildman–Crippen MR) is 84.8 cm³/mol. The topological polar surface area (TPSA) is 15.7 Å². The monoisotopic (exact) mass is 294 g/mol. The van der Waals surface area contributed by atoms with Gasteiger partial charge in [-0.25, -0.2) is 0 Å². The maximum absolute atomic E-state index is 6.23. The lowest BCUT2D eigenvalue weighted by atomic mass is 10.1. The highest BCUT2D eigenvalue weighted by atomic mass is 35.5. The highest BCUT2D eigenvalue weighted by molar-refractivity contribution is 6.32. The Morgan fingerprint density at radius 1 is 1.30 bits per heavy atom. The van der Waals surface area contributed by atoms with Crippen molar-refractivity contribution in [1.29, 1.82) is 0 Å². The third kappa shape index (κ3) is 4.23. The number of benzene rings is 1. The number of hydrogen-bond donors (Lipinski definition) is 0. The summed E-state index contributed by atoms with van der Waals surface area (Å²) < 4.78 is 5.92. The van der Waals surface area contributed by atoms with Crippen molar-refractivity contribution in [1.82, 2.24) is 9.80 Å². The van der Waals surface area contributed by atoms with Crippen molar-refractivity contribution < 1.29 is 4.74 Å². The molecule has 0 unspecified atom stereocenters. The normalized spacial score (nSPS) is 17.1. The number of likely N-dealkylation sites (N-methyl/N-ethyl adjacent to an activating group) is 1. The second-order valence-corrected chi connectivity index (χ2v) is 5.62. The highest BCUT2D eigenvalue weighted by Gasteiger charge is 2.14. The van der Waals surface area contributed by atoms with Crippen LogP contribution in [-0.4, -0.2) is 56.2 Å². The van der Waals surface area contributed by atoms with Gasteiger partial charge in [0, 0.05) is 32.7 Å². The summed E-state index contributed by atoms with van der Waals surface area (Å²) >= 11 is 6.23. The van der Waals surface area contributed by atoms with Gasteiger partial charge in [-0.15, -0.1) is 6.58 Å². The fourth-order valence-corrected chi connectivity index (χ4v) is 2.63. The fraction of sp³-hybridized carbons (Fsp3) is 0.500. The van der Waals surface area contributed by atoms with Crippen LogP contribution in [-0.2, 0) is 6.42 Å². The molecule has 1 heterocycles. The van der Waals surface area contributed by atoms with Crippen LogP contribution in [0.25, 0.3) is 0 Å². The standard InChI is InChI=1S/C16H23ClN2O/c1-3-5-14-6-4-7-15(17)16(14)20-13-12-19-10-8-18(2)9-11-19/h3-4,6-7H,1,5,8-13H2,2H3. The molecule has 0 atom stereocenters. The van der Waals surface area contributed by atoms with Gasteiger partial charge in [0.25, 0.3) is 0 Å². The maximum atomic E-state index is 6.23. The maximum Gasteiger partial charge on any atom is 0.141 e. The van der Waals surface area contributed by atoms with E-state index in [0.717, 1.165) is 50.5 Å². The van der Waals surface area contributed by atoms with E-state index in [1.54, 1.807) is 0 Å². The Balaban J connectivity index is 1.86. The largest absolute Gasteiger partial charge is 0.490 e. The van der Waals surface area contributed by atoms with Crippen molar-refractivity contribution in [3.05, 3.63) is 41.4 Å². The molecule has 0 N–H and O–H groups in total. The van der Waals surface area contributed by atoms with Crippen molar-refractivity contribution in [2.45, 2.75) is 6.42 Å². The van der Waals surface area contributed by atoms with Crippen LogP contribution in [0.1, 0.15) is 5.56 Å². The van der Waals surface area contributed by atoms with Crippen molar-refractivity contribution in [3.63, 3.8) is 0 Å². The SMILES string of the molecule is C=CCc1cccc(Cl)c1OCCN1CCN(C)CC1. The first kappa shape index (κ1) is 15.4. The van der Waals surface area contributed by atoms with E-state index in [1.807, 2.05) is 24.3 Å². The lowest BCUT2D eigenvalue weighted by molar-refractivity contribution is 0.133. The van der Waals surface area contributed by atoms with Crippen molar-refractivity contribution in [3.8, 4) is 5.75 Å². The van der Waals surface area contributed by atoms with Gasteiger partial charge in [0.15, 0.2) is 0 Å². The molecule has 1 aromatic carbocycles. The number of ether oxygens (including phenoxy) is 1. The minimum absolute atomic E-state index is 0.678. The molecular weight excluding hydrogens is 272 g/mol. The number of para-hydroxylation sites is 1. The third-order valence-corrected chi connectivity index (χ3v) is 3.96. The van der Waals surface area contributed by atoms with Gasteiger partial charge < -0.3 is 9.64 Å². The smallest absolute Gasteiger partial charge is 0.141 e. The van der Waals surface area contributed by atoms with E-state index >= 15 is 0 Å². The van der Waals surface area contributed by atoms with E-state index in [1.165, 1.54) is 0 Å². The molecule has 110 valence electrons. The summed E-state index contributed by atoms with van der Waals surface area (Å²) in [5.74, 6) is 0.809. The van der Waals surface area contributed by atoms with Crippen LogP contribution in [0.3, 0.4) is 0 Å². The summed E-state index contributed by atoms with van der Waals surface area (Å²) in [6.45, 7) is 9.90. The zero-order valence-electron chi connectivity index (χ0n) is 12.1. The molecule has 1 aliphatic rings. The van der Waals surface area contributed by atoms with Crippen LogP contribution in [0.5, 0.6) is 5.75 Å². The zero-order valence-corrected chi connectivity index (χ0v) is 12.9. The Morgan fingerprint density at radius 2 is 2.05 bits per heavy atom. The van der Waals surface area contributed by atoms with E-state index in [-0.39, 0.29) is 0 Å². The average Bonchev–Trinajstić information content (AvgIpc) is 2.44. The Morgan fingerprint density at radius 3 is 2.75 bits per heavy atom. The van der Waals surface area contributed by atoms with Gasteiger partial charge >= 0.3 is 0 Å². The third-order valence-electron chi connectivity index (χ3n) is 3.66. The first-order valence-corrected chi connectivity index (χ1v) is 7.50. The minimum atomic E-state index is 0.678. The second-order valence-electron chi connectivity index (χ2n) is 5.21. The molecule has 1 fully saturated rings. The van der Waals surface area contributed by atoms with E-state index < -0.39 is 0 Å². The van der Waals surface area contributed by atoms with Crippen LogP contribution in [0.15, 0.2) is 30.9 Å². The van der Waals surface area contributed by atoms with Gasteiger partial charge in [-0.2, -0.15) is 0 Å². The van der Waals surface area contributed by atoms with E-state index in [2.05, 4.69) is 23.4 Å². The number of halogens is 1. The molecule has 0 aromatic heterocycles. The Hall–Kier alpha value is -1.03. The summed E-state index contributed by atoms with van der Waals surface area (Å²) in [7, 11) is 2.17. The van der Waals surface area contributed by atoms with Gasteiger partial charge in [0.2, 0.25) is 0 Å². The van der Waals surface area contributed by atoms with Gasteiger partial charge in [-0.1, -0.05) is 29.8 Å². The Bertz CT molecular complexity index is 442. The number of hydrogen-bond acceptors (Lipinski definition) is 3. The quantitative estimate of drug-likeness (QED) is 0.750. The van der Waals surface area contributed by atoms with Crippen molar-refractivity contribution in [2.75, 3.05) is 46.4 Å². The van der Waals surface area contributed by atoms with Crippen LogP contribution in [0, 0.1) is 0 Å². The summed E-state index contributed by atoms with van der Waals surface area (Å²) in [6.07, 6.45) is 2.66. The molecule has 20 heavy (non-hydrogen) atoms. The molecule has 4 heteroatoms. The van der Waals surface area contributed by atoms with Crippen molar-refractivity contribution >= 4 is 11.6 Å². The predicted octanol–water partition coefficient (Wildman–Crippen LogP) is 2.69. The Kier molecular flexibility index (Phi) is 5.89. The molecule has 1 aliphatic heterocycles. The van der Waals surface area contributed by atoms with Gasteiger partial charge in [0.1, 0.15) is 12.4 Å². The second kappa shape index (κ2) is 7.67. The molecule has 3 nitrogen and oxygen atoms in total. The van der Waals surface area contributed by atoms with Crippen LogP contribution in [0.4, 0.5) is 0 Å². The number of nitrogens with zero attached hydrogens (tertiary/aromatic N) is 2. The molecule has 1 saturated heterocycles. The minimum Gasteiger partial charge on any atom is -0.490 e. The lowest BCUT2D eigenvalue weighted by Crippen LogP contribution is -2.45. The first-order valence-electron chi connectivity index (χ1n) is 7.12. The number of allylic oxidation sites excluding steroid dienone is 1. The summed E-state index contributed by atoms with van der Waals surface area (Å²) in [5.41, 5.74) is 1.10. The molecule has 2 rings (SSSR count). The van der Waals surface area contributed by atoms with Gasteiger partial charge in [-0.3, -0.25) is 4.90 Å². The average molecular weight is 295 g/mol. The van der Waals surface area contributed by atoms with E-state index in [9.17, 15) is 0 Å². The van der Waals surface area contributed by atoms with Crippen molar-refractivity contribution in [2.24, 2.45) is 0 Å². The number of rotatable bonds is 6. The van der Waals surface area contributed by atoms with Crippen LogP contribution >= 0.6 is 11.6 Å². The molecule has 1 aromatic rings. The molecular formula is C16H23ClN2O.